The van der Waals surface area contributed by atoms with E-state index in [9.17, 15) is 28.8 Å². The molecule has 0 aromatic heterocycles. The number of rotatable bonds is 3. The Bertz CT molecular complexity index is 664. The lowest BCUT2D eigenvalue weighted by Gasteiger charge is -2.22. The van der Waals surface area contributed by atoms with Crippen LogP contribution in [0.3, 0.4) is 0 Å². The topological polar surface area (TPSA) is 136 Å². The lowest BCUT2D eigenvalue weighted by atomic mass is 9.98. The summed E-state index contributed by atoms with van der Waals surface area (Å²) >= 11 is 0. The van der Waals surface area contributed by atoms with Crippen molar-refractivity contribution in [3.8, 4) is 0 Å². The molecular weight excluding hydrogens is 324 g/mol. The molecule has 10 nitrogen and oxygen atoms in total. The first-order valence-electron chi connectivity index (χ1n) is 6.68. The number of imide groups is 1. The van der Waals surface area contributed by atoms with Gasteiger partial charge in [0.05, 0.1) is 26.3 Å². The second-order valence-corrected chi connectivity index (χ2v) is 4.77. The van der Waals surface area contributed by atoms with Gasteiger partial charge in [0.1, 0.15) is 11.6 Å². The summed E-state index contributed by atoms with van der Waals surface area (Å²) in [5, 5.41) is 2.15. The number of nitrogens with one attached hydrogen (secondary N) is 1. The van der Waals surface area contributed by atoms with E-state index in [0.717, 1.165) is 28.1 Å². The molecule has 0 radical (unpaired) electrons. The molecule has 3 amide bonds. The van der Waals surface area contributed by atoms with E-state index < -0.39 is 59.2 Å². The van der Waals surface area contributed by atoms with Gasteiger partial charge in [-0.3, -0.25) is 24.1 Å². The van der Waals surface area contributed by atoms with Crippen LogP contribution < -0.4 is 5.32 Å². The number of carbonyl (C=O) groups is 6. The van der Waals surface area contributed by atoms with Gasteiger partial charge in [-0.25, -0.2) is 9.59 Å². The normalized spacial score (nSPS) is 18.0. The summed E-state index contributed by atoms with van der Waals surface area (Å²) in [5.74, 6) is -5.91. The maximum absolute atomic E-state index is 12.5. The Hall–Kier alpha value is -3.04. The second-order valence-electron chi connectivity index (χ2n) is 4.77. The highest BCUT2D eigenvalue weighted by Gasteiger charge is 2.44. The van der Waals surface area contributed by atoms with Gasteiger partial charge in [0, 0.05) is 13.8 Å². The lowest BCUT2D eigenvalue weighted by molar-refractivity contribution is -0.148. The number of methoxy groups -OCH3 is 2. The Morgan fingerprint density at radius 2 is 1.58 bits per heavy atom. The van der Waals surface area contributed by atoms with Crippen molar-refractivity contribution < 1.29 is 38.2 Å². The van der Waals surface area contributed by atoms with E-state index >= 15 is 0 Å². The molecule has 0 saturated carbocycles. The molecule has 0 aliphatic carbocycles. The minimum atomic E-state index is -1.74. The molecule has 10 heteroatoms. The van der Waals surface area contributed by atoms with Crippen molar-refractivity contribution in [2.45, 2.75) is 19.9 Å². The van der Waals surface area contributed by atoms with Crippen molar-refractivity contribution in [2.75, 3.05) is 20.8 Å². The van der Waals surface area contributed by atoms with E-state index in [1.54, 1.807) is 0 Å². The van der Waals surface area contributed by atoms with Gasteiger partial charge in [-0.15, -0.1) is 0 Å². The van der Waals surface area contributed by atoms with Crippen molar-refractivity contribution in [1.82, 2.24) is 10.2 Å². The van der Waals surface area contributed by atoms with Gasteiger partial charge in [0.2, 0.25) is 11.8 Å². The van der Waals surface area contributed by atoms with Crippen LogP contribution in [-0.4, -0.2) is 67.1 Å². The molecular formula is C14H16N2O8. The molecule has 0 spiro atoms. The first-order valence-corrected chi connectivity index (χ1v) is 6.68. The minimum Gasteiger partial charge on any atom is -0.466 e. The summed E-state index contributed by atoms with van der Waals surface area (Å²) in [5.41, 5.74) is -1.43. The van der Waals surface area contributed by atoms with Crippen molar-refractivity contribution in [3.63, 3.8) is 0 Å². The molecule has 0 aromatic carbocycles. The fraction of sp³-hybridized carbons (Fsp3) is 0.429. The monoisotopic (exact) mass is 340 g/mol. The zero-order valence-corrected chi connectivity index (χ0v) is 13.5. The summed E-state index contributed by atoms with van der Waals surface area (Å²) < 4.78 is 8.98. The number of nitrogens with zero attached hydrogens (tertiary/aromatic N) is 1. The molecule has 0 bridgehead atoms. The van der Waals surface area contributed by atoms with Gasteiger partial charge in [-0.2, -0.15) is 0 Å². The van der Waals surface area contributed by atoms with E-state index in [0.29, 0.717) is 4.90 Å². The Balaban J connectivity index is 3.70. The Morgan fingerprint density at radius 3 is 2.00 bits per heavy atom. The summed E-state index contributed by atoms with van der Waals surface area (Å²) in [6.45, 7) is 1.32. The second kappa shape index (κ2) is 7.49. The standard InChI is InChI=1S/C14H16N2O8/c1-6(17)15-11-10(14(22)24-4)9(13(21)23-3)8(19)5-16(7(2)18)12(11)20/h11H,5H2,1-4H3,(H,15,17). The molecule has 1 heterocycles. The minimum absolute atomic E-state index is 0.530. The molecule has 1 N–H and O–H groups in total. The zero-order valence-electron chi connectivity index (χ0n) is 13.5. The molecule has 1 unspecified atom stereocenters. The molecule has 0 fully saturated rings. The van der Waals surface area contributed by atoms with Gasteiger partial charge in [-0.1, -0.05) is 0 Å². The molecule has 1 atom stereocenters. The summed E-state index contributed by atoms with van der Waals surface area (Å²) in [7, 11) is 1.94. The van der Waals surface area contributed by atoms with E-state index in [-0.39, 0.29) is 0 Å². The molecule has 1 aliphatic rings. The number of hydrogen-bond acceptors (Lipinski definition) is 8. The number of hydrogen-bond donors (Lipinski definition) is 1. The lowest BCUT2D eigenvalue weighted by Crippen LogP contribution is -2.51. The number of amides is 3. The van der Waals surface area contributed by atoms with Crippen molar-refractivity contribution >= 4 is 35.4 Å². The number of ether oxygens (including phenoxy) is 2. The molecule has 0 saturated heterocycles. The van der Waals surface area contributed by atoms with E-state index in [1.807, 2.05) is 0 Å². The average molecular weight is 340 g/mol. The Kier molecular flexibility index (Phi) is 5.93. The Morgan fingerprint density at radius 1 is 1.04 bits per heavy atom. The first-order chi connectivity index (χ1) is 11.1. The Labute approximate surface area is 136 Å². The molecule has 1 aliphatic heterocycles. The maximum Gasteiger partial charge on any atom is 0.342 e. The smallest absolute Gasteiger partial charge is 0.342 e. The number of ketones is 1. The molecule has 0 aromatic rings. The van der Waals surface area contributed by atoms with Crippen LogP contribution in [0.25, 0.3) is 0 Å². The van der Waals surface area contributed by atoms with Crippen LogP contribution in [-0.2, 0) is 38.2 Å². The maximum atomic E-state index is 12.5. The van der Waals surface area contributed by atoms with Crippen LogP contribution in [0.2, 0.25) is 0 Å². The van der Waals surface area contributed by atoms with Crippen LogP contribution in [0, 0.1) is 0 Å². The summed E-state index contributed by atoms with van der Waals surface area (Å²) in [4.78, 5) is 72.4. The largest absolute Gasteiger partial charge is 0.466 e. The number of esters is 2. The number of carbonyl (C=O) groups excluding carboxylic acids is 6. The highest BCUT2D eigenvalue weighted by Crippen LogP contribution is 2.21. The predicted molar refractivity (Wildman–Crippen MR) is 76.1 cm³/mol. The predicted octanol–water partition coefficient (Wildman–Crippen LogP) is -1.91. The molecule has 130 valence electrons. The van der Waals surface area contributed by atoms with Crippen LogP contribution >= 0.6 is 0 Å². The third kappa shape index (κ3) is 3.65. The highest BCUT2D eigenvalue weighted by molar-refractivity contribution is 6.26. The van der Waals surface area contributed by atoms with Gasteiger partial charge < -0.3 is 14.8 Å². The fourth-order valence-electron chi connectivity index (χ4n) is 2.13. The van der Waals surface area contributed by atoms with E-state index in [2.05, 4.69) is 14.8 Å². The fourth-order valence-corrected chi connectivity index (χ4v) is 2.13. The summed E-state index contributed by atoms with van der Waals surface area (Å²) in [6.07, 6.45) is 0. The SMILES string of the molecule is COC(=O)C1=C(C(=O)OC)C(NC(C)=O)C(=O)N(C(C)=O)CC1=O. The molecule has 24 heavy (non-hydrogen) atoms. The first kappa shape index (κ1) is 19.0. The van der Waals surface area contributed by atoms with Crippen molar-refractivity contribution in [3.05, 3.63) is 11.1 Å². The van der Waals surface area contributed by atoms with Crippen LogP contribution in [0.5, 0.6) is 0 Å². The van der Waals surface area contributed by atoms with E-state index in [1.165, 1.54) is 0 Å². The van der Waals surface area contributed by atoms with Gasteiger partial charge in [0.15, 0.2) is 5.78 Å². The summed E-state index contributed by atoms with van der Waals surface area (Å²) in [6, 6.07) is -1.74. The van der Waals surface area contributed by atoms with Gasteiger partial charge in [0.25, 0.3) is 5.91 Å². The highest BCUT2D eigenvalue weighted by atomic mass is 16.5. The third-order valence-corrected chi connectivity index (χ3v) is 3.17. The third-order valence-electron chi connectivity index (χ3n) is 3.17. The van der Waals surface area contributed by atoms with Crippen molar-refractivity contribution in [2.24, 2.45) is 0 Å². The zero-order chi connectivity index (χ0) is 18.6. The van der Waals surface area contributed by atoms with Crippen LogP contribution in [0.15, 0.2) is 11.1 Å². The van der Waals surface area contributed by atoms with Gasteiger partial charge in [-0.05, 0) is 0 Å². The van der Waals surface area contributed by atoms with E-state index in [4.69, 9.17) is 0 Å². The quantitative estimate of drug-likeness (QED) is 0.464. The molecule has 1 rings (SSSR count). The van der Waals surface area contributed by atoms with Gasteiger partial charge >= 0.3 is 11.9 Å². The van der Waals surface area contributed by atoms with Crippen LogP contribution in [0.4, 0.5) is 0 Å². The van der Waals surface area contributed by atoms with Crippen molar-refractivity contribution in [1.29, 1.82) is 0 Å². The van der Waals surface area contributed by atoms with Crippen LogP contribution in [0.1, 0.15) is 13.8 Å². The number of Topliss-reactive ketones (excluding diaryl/α,β-unsaturated/α-hetero) is 1. The average Bonchev–Trinajstić information content (AvgIpc) is 2.62.